The van der Waals surface area contributed by atoms with Gasteiger partial charge in [0.25, 0.3) is 0 Å². The fourth-order valence-corrected chi connectivity index (χ4v) is 3.64. The van der Waals surface area contributed by atoms with Crippen LogP contribution in [0.25, 0.3) is 0 Å². The number of hydrogen-bond acceptors (Lipinski definition) is 4. The minimum atomic E-state index is -0.252. The van der Waals surface area contributed by atoms with E-state index in [0.717, 1.165) is 49.3 Å². The van der Waals surface area contributed by atoms with Gasteiger partial charge < -0.3 is 10.6 Å². The Balaban J connectivity index is 1.76. The monoisotopic (exact) mass is 338 g/mol. The Hall–Kier alpha value is -2.40. The van der Waals surface area contributed by atoms with E-state index in [4.69, 9.17) is 10.8 Å². The van der Waals surface area contributed by atoms with E-state index in [9.17, 15) is 4.39 Å². The number of anilines is 1. The lowest BCUT2D eigenvalue weighted by Gasteiger charge is -2.34. The molecule has 1 saturated heterocycles. The van der Waals surface area contributed by atoms with E-state index in [1.807, 2.05) is 18.2 Å². The van der Waals surface area contributed by atoms with Gasteiger partial charge in [-0.3, -0.25) is 5.01 Å². The zero-order valence-corrected chi connectivity index (χ0v) is 14.2. The number of hydrogen-bond donors (Lipinski definition) is 1. The Bertz CT molecular complexity index is 789. The van der Waals surface area contributed by atoms with Crippen LogP contribution in [0.5, 0.6) is 0 Å². The third-order valence-electron chi connectivity index (χ3n) is 4.93. The smallest absolute Gasteiger partial charge is 0.156 e. The number of para-hydroxylation sites is 1. The van der Waals surface area contributed by atoms with Gasteiger partial charge in [-0.15, -0.1) is 0 Å². The van der Waals surface area contributed by atoms with Crippen molar-refractivity contribution in [3.8, 4) is 0 Å². The average molecular weight is 338 g/mol. The van der Waals surface area contributed by atoms with Crippen LogP contribution >= 0.6 is 0 Å². The minimum absolute atomic E-state index is 0.154. The molecule has 2 heterocycles. The molecule has 1 atom stereocenters. The van der Waals surface area contributed by atoms with E-state index in [0.29, 0.717) is 12.2 Å². The highest BCUT2D eigenvalue weighted by Gasteiger charge is 2.27. The number of benzene rings is 2. The van der Waals surface area contributed by atoms with Crippen LogP contribution in [0.3, 0.4) is 0 Å². The number of likely N-dealkylation sites (tertiary alicyclic amines) is 1. The summed E-state index contributed by atoms with van der Waals surface area (Å²) in [4.78, 5) is 2.27. The van der Waals surface area contributed by atoms with Gasteiger partial charge in [0.2, 0.25) is 0 Å². The van der Waals surface area contributed by atoms with Crippen molar-refractivity contribution in [2.75, 3.05) is 18.1 Å². The molecule has 0 aliphatic carbocycles. The average Bonchev–Trinajstić information content (AvgIpc) is 2.85. The van der Waals surface area contributed by atoms with Gasteiger partial charge >= 0.3 is 0 Å². The summed E-state index contributed by atoms with van der Waals surface area (Å²) in [5.41, 5.74) is 9.05. The quantitative estimate of drug-likeness (QED) is 0.867. The first kappa shape index (κ1) is 16.1. The highest BCUT2D eigenvalue weighted by molar-refractivity contribution is 6.01. The fourth-order valence-electron chi connectivity index (χ4n) is 3.64. The maximum Gasteiger partial charge on any atom is 0.156 e. The first-order valence-electron chi connectivity index (χ1n) is 8.92. The van der Waals surface area contributed by atoms with Gasteiger partial charge in [-0.2, -0.15) is 5.10 Å². The van der Waals surface area contributed by atoms with Crippen LogP contribution in [-0.2, 0) is 6.54 Å². The molecule has 0 spiro atoms. The van der Waals surface area contributed by atoms with E-state index >= 15 is 0 Å². The normalized spacial score (nSPS) is 20.7. The lowest BCUT2D eigenvalue weighted by atomic mass is 10.0. The Labute approximate surface area is 147 Å². The number of hydrazone groups is 1. The van der Waals surface area contributed by atoms with Gasteiger partial charge in [-0.05, 0) is 30.5 Å². The molecule has 0 aromatic heterocycles. The fraction of sp³-hybridized carbons (Fsp3) is 0.350. The molecule has 130 valence electrons. The molecule has 2 aromatic rings. The molecule has 0 bridgehead atoms. The molecule has 2 aromatic carbocycles. The second-order valence-corrected chi connectivity index (χ2v) is 6.79. The minimum Gasteiger partial charge on any atom is -0.353 e. The molecule has 5 heteroatoms. The number of halogens is 1. The van der Waals surface area contributed by atoms with Crippen LogP contribution in [0.4, 0.5) is 10.1 Å². The standard InChI is InChI=1S/C20H23FN4/c21-18-10-3-4-11-19(18)25-13-15-7-1-2-9-17(15)20(23-25)24-12-6-5-8-16(22)14-24/h1-4,7,9-11,16H,5-6,8,12-14,22H2/t16-/m1/s1. The molecule has 0 unspecified atom stereocenters. The largest absolute Gasteiger partial charge is 0.353 e. The predicted molar refractivity (Wildman–Crippen MR) is 99.0 cm³/mol. The molecule has 0 saturated carbocycles. The van der Waals surface area contributed by atoms with Gasteiger partial charge in [0.15, 0.2) is 5.84 Å². The lowest BCUT2D eigenvalue weighted by molar-refractivity contribution is 0.408. The van der Waals surface area contributed by atoms with Crippen molar-refractivity contribution in [3.05, 3.63) is 65.5 Å². The summed E-state index contributed by atoms with van der Waals surface area (Å²) in [6.07, 6.45) is 3.29. The van der Waals surface area contributed by atoms with E-state index in [1.54, 1.807) is 17.1 Å². The molecular formula is C20H23FN4. The molecule has 2 aliphatic heterocycles. The molecule has 25 heavy (non-hydrogen) atoms. The SMILES string of the molecule is N[C@@H]1CCCCN(C2=NN(c3ccccc3F)Cc3ccccc32)C1. The van der Waals surface area contributed by atoms with Crippen LogP contribution in [0.1, 0.15) is 30.4 Å². The molecule has 0 amide bonds. The Morgan fingerprint density at radius 3 is 2.72 bits per heavy atom. The Morgan fingerprint density at radius 1 is 1.04 bits per heavy atom. The van der Waals surface area contributed by atoms with Crippen LogP contribution in [0, 0.1) is 5.82 Å². The van der Waals surface area contributed by atoms with Crippen molar-refractivity contribution in [2.24, 2.45) is 10.8 Å². The molecule has 4 nitrogen and oxygen atoms in total. The third kappa shape index (κ3) is 3.24. The maximum atomic E-state index is 14.3. The number of nitrogens with zero attached hydrogens (tertiary/aromatic N) is 3. The molecule has 0 radical (unpaired) electrons. The van der Waals surface area contributed by atoms with E-state index in [-0.39, 0.29) is 11.9 Å². The van der Waals surface area contributed by atoms with Gasteiger partial charge in [0.1, 0.15) is 5.82 Å². The first-order valence-corrected chi connectivity index (χ1v) is 8.92. The topological polar surface area (TPSA) is 44.9 Å². The zero-order valence-electron chi connectivity index (χ0n) is 14.2. The Kier molecular flexibility index (Phi) is 4.40. The maximum absolute atomic E-state index is 14.3. The number of amidine groups is 1. The molecule has 4 rings (SSSR count). The van der Waals surface area contributed by atoms with Crippen molar-refractivity contribution in [3.63, 3.8) is 0 Å². The molecule has 2 N–H and O–H groups in total. The highest BCUT2D eigenvalue weighted by atomic mass is 19.1. The van der Waals surface area contributed by atoms with Crippen LogP contribution in [0.2, 0.25) is 0 Å². The van der Waals surface area contributed by atoms with E-state index in [1.165, 1.54) is 6.07 Å². The number of nitrogens with two attached hydrogens (primary N) is 1. The summed E-state index contributed by atoms with van der Waals surface area (Å²) >= 11 is 0. The second-order valence-electron chi connectivity index (χ2n) is 6.79. The van der Waals surface area contributed by atoms with Gasteiger partial charge in [0.05, 0.1) is 12.2 Å². The van der Waals surface area contributed by atoms with Crippen LogP contribution in [0.15, 0.2) is 53.6 Å². The van der Waals surface area contributed by atoms with Crippen molar-refractivity contribution in [1.29, 1.82) is 0 Å². The molecule has 1 fully saturated rings. The lowest BCUT2D eigenvalue weighted by Crippen LogP contribution is -2.43. The van der Waals surface area contributed by atoms with Crippen molar-refractivity contribution < 1.29 is 4.39 Å². The van der Waals surface area contributed by atoms with Crippen LogP contribution in [-0.4, -0.2) is 29.9 Å². The second kappa shape index (κ2) is 6.84. The van der Waals surface area contributed by atoms with E-state index in [2.05, 4.69) is 17.0 Å². The molecular weight excluding hydrogens is 315 g/mol. The summed E-state index contributed by atoms with van der Waals surface area (Å²) in [6, 6.07) is 15.2. The van der Waals surface area contributed by atoms with Gasteiger partial charge in [-0.25, -0.2) is 4.39 Å². The van der Waals surface area contributed by atoms with Crippen molar-refractivity contribution in [2.45, 2.75) is 31.8 Å². The zero-order chi connectivity index (χ0) is 17.2. The van der Waals surface area contributed by atoms with Crippen LogP contribution < -0.4 is 10.7 Å². The highest BCUT2D eigenvalue weighted by Crippen LogP contribution is 2.28. The summed E-state index contributed by atoms with van der Waals surface area (Å²) in [5, 5.41) is 6.60. The summed E-state index contributed by atoms with van der Waals surface area (Å²) in [6.45, 7) is 2.30. The predicted octanol–water partition coefficient (Wildman–Crippen LogP) is 3.32. The van der Waals surface area contributed by atoms with Crippen molar-refractivity contribution >= 4 is 11.5 Å². The Morgan fingerprint density at radius 2 is 1.84 bits per heavy atom. The van der Waals surface area contributed by atoms with Gasteiger partial charge in [-0.1, -0.05) is 42.8 Å². The number of rotatable bonds is 1. The van der Waals surface area contributed by atoms with Crippen molar-refractivity contribution in [1.82, 2.24) is 4.90 Å². The third-order valence-corrected chi connectivity index (χ3v) is 4.93. The number of fused-ring (bicyclic) bond motifs is 1. The summed E-state index contributed by atoms with van der Waals surface area (Å²) in [5.74, 6) is 0.653. The van der Waals surface area contributed by atoms with Gasteiger partial charge in [0, 0.05) is 24.7 Å². The first-order chi connectivity index (χ1) is 12.2. The molecule has 2 aliphatic rings. The summed E-state index contributed by atoms with van der Waals surface area (Å²) in [7, 11) is 0. The summed E-state index contributed by atoms with van der Waals surface area (Å²) < 4.78 is 14.3. The van der Waals surface area contributed by atoms with E-state index < -0.39 is 0 Å².